The number of piperidine rings is 1. The Labute approximate surface area is 197 Å². The minimum atomic E-state index is -0.261. The highest BCUT2D eigenvalue weighted by Crippen LogP contribution is 2.18. The highest BCUT2D eigenvalue weighted by Gasteiger charge is 2.27. The van der Waals surface area contributed by atoms with E-state index < -0.39 is 0 Å². The van der Waals surface area contributed by atoms with E-state index in [4.69, 9.17) is 4.74 Å². The van der Waals surface area contributed by atoms with E-state index in [1.807, 2.05) is 4.90 Å². The summed E-state index contributed by atoms with van der Waals surface area (Å²) >= 11 is 0. The minimum Gasteiger partial charge on any atom is -0.375 e. The number of rotatable bonds is 8. The second kappa shape index (κ2) is 13.8. The zero-order chi connectivity index (χ0) is 21.2. The monoisotopic (exact) mass is 534 g/mol. The fourth-order valence-corrected chi connectivity index (χ4v) is 3.73. The third kappa shape index (κ3) is 7.68. The zero-order valence-electron chi connectivity index (χ0n) is 18.5. The fourth-order valence-electron chi connectivity index (χ4n) is 3.73. The van der Waals surface area contributed by atoms with E-state index in [2.05, 4.69) is 29.5 Å². The number of carbonyl (C=O) groups is 1. The van der Waals surface area contributed by atoms with Crippen molar-refractivity contribution in [1.29, 1.82) is 0 Å². The molecule has 1 aliphatic rings. The van der Waals surface area contributed by atoms with Crippen LogP contribution in [0.5, 0.6) is 0 Å². The Bertz CT molecular complexity index is 660. The Morgan fingerprint density at radius 1 is 1.23 bits per heavy atom. The summed E-state index contributed by atoms with van der Waals surface area (Å²) in [7, 11) is 3.37. The van der Waals surface area contributed by atoms with Crippen molar-refractivity contribution in [2.45, 2.75) is 51.7 Å². The summed E-state index contributed by atoms with van der Waals surface area (Å²) in [6, 6.07) is 6.61. The van der Waals surface area contributed by atoms with Gasteiger partial charge in [-0.3, -0.25) is 9.79 Å². The molecule has 2 rings (SSSR count). The summed E-state index contributed by atoms with van der Waals surface area (Å²) in [5.74, 6) is 0.881. The topological polar surface area (TPSA) is 66.0 Å². The van der Waals surface area contributed by atoms with Gasteiger partial charge in [-0.2, -0.15) is 0 Å². The predicted molar refractivity (Wildman–Crippen MR) is 130 cm³/mol. The predicted octanol–water partition coefficient (Wildman–Crippen LogP) is 3.72. The van der Waals surface area contributed by atoms with Crippen LogP contribution in [-0.4, -0.2) is 56.6 Å². The van der Waals surface area contributed by atoms with Crippen LogP contribution in [0.25, 0.3) is 0 Å². The van der Waals surface area contributed by atoms with Crippen LogP contribution in [0.15, 0.2) is 29.3 Å². The van der Waals surface area contributed by atoms with Gasteiger partial charge >= 0.3 is 0 Å². The number of nitrogens with one attached hydrogen (secondary N) is 2. The average molecular weight is 534 g/mol. The Morgan fingerprint density at radius 3 is 2.33 bits per heavy atom. The lowest BCUT2D eigenvalue weighted by Crippen LogP contribution is -2.51. The Kier molecular flexibility index (Phi) is 12.2. The van der Waals surface area contributed by atoms with Crippen molar-refractivity contribution in [2.24, 2.45) is 10.9 Å². The van der Waals surface area contributed by atoms with Gasteiger partial charge in [-0.05, 0) is 43.4 Å². The molecule has 0 aromatic heterocycles. The van der Waals surface area contributed by atoms with Crippen LogP contribution in [0.3, 0.4) is 0 Å². The van der Waals surface area contributed by atoms with Crippen LogP contribution in [0, 0.1) is 11.7 Å². The number of hydrogen-bond donors (Lipinski definition) is 2. The van der Waals surface area contributed by atoms with Crippen molar-refractivity contribution in [3.05, 3.63) is 35.6 Å². The van der Waals surface area contributed by atoms with Gasteiger partial charge < -0.3 is 20.3 Å². The maximum Gasteiger partial charge on any atom is 0.225 e. The lowest BCUT2D eigenvalue weighted by molar-refractivity contribution is -0.136. The normalized spacial score (nSPS) is 16.2. The number of nitrogens with zero attached hydrogens (tertiary/aromatic N) is 2. The van der Waals surface area contributed by atoms with Crippen molar-refractivity contribution in [3.63, 3.8) is 0 Å². The van der Waals surface area contributed by atoms with E-state index in [-0.39, 0.29) is 53.8 Å². The fraction of sp³-hybridized carbons (Fsp3) is 0.636. The number of benzene rings is 1. The van der Waals surface area contributed by atoms with Gasteiger partial charge in [-0.15, -0.1) is 24.0 Å². The molecule has 0 radical (unpaired) electrons. The first-order valence-electron chi connectivity index (χ1n) is 10.6. The number of methoxy groups -OCH3 is 1. The molecule has 1 fully saturated rings. The number of halogens is 2. The average Bonchev–Trinajstić information content (AvgIpc) is 2.75. The molecule has 0 spiro atoms. The molecule has 6 nitrogen and oxygen atoms in total. The third-order valence-corrected chi connectivity index (χ3v) is 5.69. The first kappa shape index (κ1) is 26.6. The van der Waals surface area contributed by atoms with E-state index in [1.165, 1.54) is 12.1 Å². The molecular weight excluding hydrogens is 498 g/mol. The molecule has 1 unspecified atom stereocenters. The third-order valence-electron chi connectivity index (χ3n) is 5.69. The lowest BCUT2D eigenvalue weighted by Gasteiger charge is -2.35. The number of carbonyl (C=O) groups excluding carboxylic acids is 1. The van der Waals surface area contributed by atoms with Crippen molar-refractivity contribution in [1.82, 2.24) is 15.5 Å². The van der Waals surface area contributed by atoms with Crippen molar-refractivity contribution in [3.8, 4) is 0 Å². The Balaban J connectivity index is 0.00000450. The number of likely N-dealkylation sites (tertiary alicyclic amines) is 1. The molecular formula is C22H36FIN4O2. The smallest absolute Gasteiger partial charge is 0.225 e. The summed E-state index contributed by atoms with van der Waals surface area (Å²) in [5, 5.41) is 6.74. The van der Waals surface area contributed by atoms with Crippen LogP contribution in [0.1, 0.15) is 51.2 Å². The highest BCUT2D eigenvalue weighted by molar-refractivity contribution is 14.0. The molecule has 1 saturated heterocycles. The number of guanidine groups is 1. The van der Waals surface area contributed by atoms with Gasteiger partial charge in [0.15, 0.2) is 5.96 Å². The van der Waals surface area contributed by atoms with Gasteiger partial charge in [-0.1, -0.05) is 26.0 Å². The van der Waals surface area contributed by atoms with Gasteiger partial charge in [0.1, 0.15) is 5.82 Å². The molecule has 8 heteroatoms. The van der Waals surface area contributed by atoms with Crippen LogP contribution in [-0.2, 0) is 9.53 Å². The summed E-state index contributed by atoms with van der Waals surface area (Å²) in [5.41, 5.74) is 0.907. The highest BCUT2D eigenvalue weighted by atomic mass is 127. The van der Waals surface area contributed by atoms with Crippen LogP contribution >= 0.6 is 24.0 Å². The standard InChI is InChI=1S/C22H35FN4O2.HI/c1-5-16(6-2)21(28)27-13-11-19(12-14-27)26-22(24-3)25-15-20(29-4)17-7-9-18(23)10-8-17;/h7-10,16,19-20H,5-6,11-15H2,1-4H3,(H2,24,25,26);1H. The van der Waals surface area contributed by atoms with Gasteiger partial charge in [-0.25, -0.2) is 4.39 Å². The van der Waals surface area contributed by atoms with Crippen LogP contribution in [0.4, 0.5) is 4.39 Å². The first-order chi connectivity index (χ1) is 14.0. The van der Waals surface area contributed by atoms with Crippen molar-refractivity contribution >= 4 is 35.8 Å². The maximum absolute atomic E-state index is 13.1. The van der Waals surface area contributed by atoms with Gasteiger partial charge in [0, 0.05) is 45.8 Å². The van der Waals surface area contributed by atoms with Crippen molar-refractivity contribution in [2.75, 3.05) is 33.8 Å². The van der Waals surface area contributed by atoms with E-state index in [0.717, 1.165) is 44.3 Å². The summed E-state index contributed by atoms with van der Waals surface area (Å²) in [4.78, 5) is 18.8. The zero-order valence-corrected chi connectivity index (χ0v) is 20.8. The summed E-state index contributed by atoms with van der Waals surface area (Å²) < 4.78 is 18.7. The van der Waals surface area contributed by atoms with Crippen LogP contribution in [0.2, 0.25) is 0 Å². The van der Waals surface area contributed by atoms with E-state index in [0.29, 0.717) is 12.5 Å². The van der Waals surface area contributed by atoms with Gasteiger partial charge in [0.2, 0.25) is 5.91 Å². The number of amides is 1. The molecule has 170 valence electrons. The van der Waals surface area contributed by atoms with E-state index in [1.54, 1.807) is 26.3 Å². The molecule has 1 aromatic carbocycles. The molecule has 0 aliphatic carbocycles. The number of ether oxygens (including phenoxy) is 1. The molecule has 30 heavy (non-hydrogen) atoms. The summed E-state index contributed by atoms with van der Waals surface area (Å²) in [6.07, 6.45) is 3.40. The van der Waals surface area contributed by atoms with E-state index in [9.17, 15) is 9.18 Å². The molecule has 1 aromatic rings. The number of aliphatic imine (C=N–C) groups is 1. The Morgan fingerprint density at radius 2 is 1.83 bits per heavy atom. The van der Waals surface area contributed by atoms with Crippen LogP contribution < -0.4 is 10.6 Å². The van der Waals surface area contributed by atoms with Gasteiger partial charge in [0.25, 0.3) is 0 Å². The SMILES string of the molecule is CCC(CC)C(=O)N1CCC(NC(=NC)NCC(OC)c2ccc(F)cc2)CC1.I. The quantitative estimate of drug-likeness (QED) is 0.303. The maximum atomic E-state index is 13.1. The molecule has 0 bridgehead atoms. The largest absolute Gasteiger partial charge is 0.375 e. The van der Waals surface area contributed by atoms with Gasteiger partial charge in [0.05, 0.1) is 6.10 Å². The number of hydrogen-bond acceptors (Lipinski definition) is 3. The second-order valence-corrected chi connectivity index (χ2v) is 7.49. The van der Waals surface area contributed by atoms with Crippen molar-refractivity contribution < 1.29 is 13.9 Å². The van der Waals surface area contributed by atoms with E-state index >= 15 is 0 Å². The Hall–Kier alpha value is -1.42. The second-order valence-electron chi connectivity index (χ2n) is 7.49. The first-order valence-corrected chi connectivity index (χ1v) is 10.6. The lowest BCUT2D eigenvalue weighted by atomic mass is 9.98. The molecule has 1 heterocycles. The molecule has 1 amide bonds. The molecule has 2 N–H and O–H groups in total. The molecule has 0 saturated carbocycles. The molecule has 1 atom stereocenters. The minimum absolute atomic E-state index is 0. The molecule has 1 aliphatic heterocycles. The summed E-state index contributed by atoms with van der Waals surface area (Å²) in [6.45, 7) is 6.23.